The van der Waals surface area contributed by atoms with Crippen LogP contribution in [0.15, 0.2) is 42.5 Å². The molecule has 1 aliphatic heterocycles. The Balaban J connectivity index is 1.87. The van der Waals surface area contributed by atoms with Gasteiger partial charge >= 0.3 is 0 Å². The largest absolute Gasteiger partial charge is 0.497 e. The number of amides is 2. The summed E-state index contributed by atoms with van der Waals surface area (Å²) in [4.78, 5) is 27.7. The van der Waals surface area contributed by atoms with Gasteiger partial charge in [-0.15, -0.1) is 0 Å². The number of fused-ring (bicyclic) bond motifs is 1. The van der Waals surface area contributed by atoms with E-state index in [2.05, 4.69) is 12.2 Å². The number of hydrogen-bond acceptors (Lipinski definition) is 3. The van der Waals surface area contributed by atoms with Crippen LogP contribution >= 0.6 is 0 Å². The molecule has 0 unspecified atom stereocenters. The molecule has 2 heterocycles. The Labute approximate surface area is 170 Å². The van der Waals surface area contributed by atoms with Crippen molar-refractivity contribution in [2.24, 2.45) is 7.05 Å². The van der Waals surface area contributed by atoms with Crippen molar-refractivity contribution in [1.82, 2.24) is 4.57 Å². The molecule has 3 aromatic rings. The third-order valence-electron chi connectivity index (χ3n) is 5.58. The number of benzene rings is 2. The maximum atomic E-state index is 13.4. The molecule has 0 radical (unpaired) electrons. The molecule has 2 amide bonds. The van der Waals surface area contributed by atoms with Gasteiger partial charge in [-0.05, 0) is 42.7 Å². The molecule has 0 atom stereocenters. The number of ether oxygens (including phenoxy) is 1. The van der Waals surface area contributed by atoms with Gasteiger partial charge in [-0.2, -0.15) is 0 Å². The van der Waals surface area contributed by atoms with Crippen LogP contribution in [0.3, 0.4) is 0 Å². The zero-order valence-electron chi connectivity index (χ0n) is 17.0. The van der Waals surface area contributed by atoms with Gasteiger partial charge in [0.05, 0.1) is 18.3 Å². The number of nitrogens with one attached hydrogen (secondary N) is 1. The topological polar surface area (TPSA) is 63.6 Å². The van der Waals surface area contributed by atoms with Gasteiger partial charge < -0.3 is 19.5 Å². The number of carbonyl (C=O) groups excluding carboxylic acids is 2. The average Bonchev–Trinajstić information content (AvgIpc) is 3.28. The molecule has 29 heavy (non-hydrogen) atoms. The van der Waals surface area contributed by atoms with E-state index >= 15 is 0 Å². The quantitative estimate of drug-likeness (QED) is 0.711. The van der Waals surface area contributed by atoms with E-state index in [0.29, 0.717) is 30.1 Å². The predicted molar refractivity (Wildman–Crippen MR) is 115 cm³/mol. The number of methoxy groups -OCH3 is 1. The lowest BCUT2D eigenvalue weighted by Crippen LogP contribution is -2.27. The summed E-state index contributed by atoms with van der Waals surface area (Å²) in [5.74, 6) is 0.515. The van der Waals surface area contributed by atoms with E-state index < -0.39 is 0 Å². The monoisotopic (exact) mass is 391 g/mol. The number of aryl methyl sites for hydroxylation is 2. The summed E-state index contributed by atoms with van der Waals surface area (Å²) in [7, 11) is 3.47. The van der Waals surface area contributed by atoms with Gasteiger partial charge in [0.15, 0.2) is 0 Å². The van der Waals surface area contributed by atoms with Crippen molar-refractivity contribution in [3.63, 3.8) is 0 Å². The Morgan fingerprint density at radius 1 is 1.21 bits per heavy atom. The third-order valence-corrected chi connectivity index (χ3v) is 5.58. The Hall–Kier alpha value is -3.28. The van der Waals surface area contributed by atoms with Crippen molar-refractivity contribution in [3.8, 4) is 5.75 Å². The van der Waals surface area contributed by atoms with Gasteiger partial charge in [-0.3, -0.25) is 9.59 Å². The summed E-state index contributed by atoms with van der Waals surface area (Å²) in [5, 5.41) is 3.90. The molecule has 0 spiro atoms. The second-order valence-electron chi connectivity index (χ2n) is 7.25. The molecule has 4 rings (SSSR count). The number of rotatable bonds is 5. The number of anilines is 2. The number of nitrogens with zero attached hydrogens (tertiary/aromatic N) is 2. The molecule has 1 aromatic heterocycles. The first-order valence-corrected chi connectivity index (χ1v) is 9.91. The smallest absolute Gasteiger partial charge is 0.274 e. The van der Waals surface area contributed by atoms with Crippen LogP contribution < -0.4 is 15.0 Å². The first-order valence-electron chi connectivity index (χ1n) is 9.91. The van der Waals surface area contributed by atoms with Gasteiger partial charge in [-0.25, -0.2) is 0 Å². The Morgan fingerprint density at radius 2 is 2.00 bits per heavy atom. The predicted octanol–water partition coefficient (Wildman–Crippen LogP) is 4.13. The second kappa shape index (κ2) is 7.62. The van der Waals surface area contributed by atoms with Crippen LogP contribution in [0, 0.1) is 0 Å². The number of carbonyl (C=O) groups is 2. The summed E-state index contributed by atoms with van der Waals surface area (Å²) < 4.78 is 7.25. The highest BCUT2D eigenvalue weighted by Crippen LogP contribution is 2.38. The van der Waals surface area contributed by atoms with Gasteiger partial charge in [0.2, 0.25) is 5.91 Å². The minimum atomic E-state index is -0.224. The fourth-order valence-corrected chi connectivity index (χ4v) is 4.08. The Morgan fingerprint density at radius 3 is 2.69 bits per heavy atom. The normalized spacial score (nSPS) is 13.9. The highest BCUT2D eigenvalue weighted by atomic mass is 16.5. The minimum absolute atomic E-state index is 0.0447. The van der Waals surface area contributed by atoms with Crippen LogP contribution in [0.25, 0.3) is 10.9 Å². The molecule has 0 bridgehead atoms. The van der Waals surface area contributed by atoms with Crippen LogP contribution in [-0.2, 0) is 18.3 Å². The van der Waals surface area contributed by atoms with Gasteiger partial charge in [0, 0.05) is 31.1 Å². The maximum absolute atomic E-state index is 13.4. The molecule has 6 heteroatoms. The van der Waals surface area contributed by atoms with Crippen molar-refractivity contribution in [3.05, 3.63) is 53.7 Å². The second-order valence-corrected chi connectivity index (χ2v) is 7.25. The van der Waals surface area contributed by atoms with Crippen LogP contribution in [-0.4, -0.2) is 30.0 Å². The zero-order valence-corrected chi connectivity index (χ0v) is 17.0. The number of aromatic nitrogens is 1. The van der Waals surface area contributed by atoms with Crippen molar-refractivity contribution < 1.29 is 14.3 Å². The van der Waals surface area contributed by atoms with E-state index in [9.17, 15) is 9.59 Å². The molecule has 1 fully saturated rings. The first-order chi connectivity index (χ1) is 14.0. The van der Waals surface area contributed by atoms with Crippen LogP contribution in [0.1, 0.15) is 35.8 Å². The van der Waals surface area contributed by atoms with Crippen molar-refractivity contribution >= 4 is 34.1 Å². The Bertz CT molecular complexity index is 1100. The summed E-state index contributed by atoms with van der Waals surface area (Å²) in [6, 6.07) is 13.5. The van der Waals surface area contributed by atoms with E-state index in [-0.39, 0.29) is 11.8 Å². The van der Waals surface area contributed by atoms with Gasteiger partial charge in [0.1, 0.15) is 11.4 Å². The molecule has 0 aliphatic carbocycles. The molecule has 150 valence electrons. The summed E-state index contributed by atoms with van der Waals surface area (Å²) in [6.07, 6.45) is 2.11. The fourth-order valence-electron chi connectivity index (χ4n) is 4.08. The van der Waals surface area contributed by atoms with Crippen molar-refractivity contribution in [2.45, 2.75) is 26.2 Å². The van der Waals surface area contributed by atoms with E-state index in [4.69, 9.17) is 4.74 Å². The Kier molecular flexibility index (Phi) is 5.01. The summed E-state index contributed by atoms with van der Waals surface area (Å²) >= 11 is 0. The molecule has 1 saturated heterocycles. The van der Waals surface area contributed by atoms with Gasteiger partial charge in [0.25, 0.3) is 5.91 Å². The van der Waals surface area contributed by atoms with Gasteiger partial charge in [-0.1, -0.05) is 25.1 Å². The molecule has 6 nitrogen and oxygen atoms in total. The fraction of sp³-hybridized carbons (Fsp3) is 0.304. The lowest BCUT2D eigenvalue weighted by atomic mass is 10.1. The van der Waals surface area contributed by atoms with Crippen molar-refractivity contribution in [2.75, 3.05) is 23.9 Å². The van der Waals surface area contributed by atoms with Crippen LogP contribution in [0.2, 0.25) is 0 Å². The molecule has 1 N–H and O–H groups in total. The van der Waals surface area contributed by atoms with E-state index in [1.54, 1.807) is 12.0 Å². The van der Waals surface area contributed by atoms with E-state index in [1.165, 1.54) is 0 Å². The SMILES string of the molecule is CCc1ccccc1NC(=O)c1c(N2CCCC2=O)c2cc(OC)ccc2n1C. The average molecular weight is 391 g/mol. The van der Waals surface area contributed by atoms with Crippen molar-refractivity contribution in [1.29, 1.82) is 0 Å². The maximum Gasteiger partial charge on any atom is 0.274 e. The zero-order chi connectivity index (χ0) is 20.5. The van der Waals surface area contributed by atoms with E-state index in [1.807, 2.05) is 54.1 Å². The molecular weight excluding hydrogens is 366 g/mol. The highest BCUT2D eigenvalue weighted by molar-refractivity contribution is 6.17. The summed E-state index contributed by atoms with van der Waals surface area (Å²) in [5.41, 5.74) is 3.89. The van der Waals surface area contributed by atoms with E-state index in [0.717, 1.165) is 35.0 Å². The number of hydrogen-bond donors (Lipinski definition) is 1. The minimum Gasteiger partial charge on any atom is -0.497 e. The molecule has 0 saturated carbocycles. The van der Waals surface area contributed by atoms with Crippen LogP contribution in [0.5, 0.6) is 5.75 Å². The molecule has 2 aromatic carbocycles. The third kappa shape index (κ3) is 3.24. The molecule has 1 aliphatic rings. The highest BCUT2D eigenvalue weighted by Gasteiger charge is 2.31. The number of para-hydroxylation sites is 1. The summed E-state index contributed by atoms with van der Waals surface area (Å²) in [6.45, 7) is 2.67. The van der Waals surface area contributed by atoms with Crippen LogP contribution in [0.4, 0.5) is 11.4 Å². The standard InChI is InChI=1S/C23H25N3O3/c1-4-15-8-5-6-9-18(15)24-23(28)22-21(26-13-7-10-20(26)27)17-14-16(29-3)11-12-19(17)25(22)2/h5-6,8-9,11-12,14H,4,7,10,13H2,1-3H3,(H,24,28). The lowest BCUT2D eigenvalue weighted by molar-refractivity contribution is -0.117. The first kappa shape index (κ1) is 19.1. The lowest BCUT2D eigenvalue weighted by Gasteiger charge is -2.18. The molecular formula is C23H25N3O3.